The number of ether oxygens (including phenoxy) is 1. The molecule has 3 aromatic heterocycles. The minimum atomic E-state index is -0.552. The maximum atomic E-state index is 13.8. The van der Waals surface area contributed by atoms with Gasteiger partial charge in [0.15, 0.2) is 5.65 Å². The summed E-state index contributed by atoms with van der Waals surface area (Å²) in [4.78, 5) is 33.0. The van der Waals surface area contributed by atoms with Crippen molar-refractivity contribution in [2.24, 2.45) is 0 Å². The number of rotatable bonds is 2. The number of fused-ring (bicyclic) bond motifs is 2. The predicted molar refractivity (Wildman–Crippen MR) is 148 cm³/mol. The number of piperidine rings is 1. The van der Waals surface area contributed by atoms with Crippen molar-refractivity contribution < 1.29 is 9.53 Å². The Morgan fingerprint density at radius 1 is 1.21 bits per heavy atom. The van der Waals surface area contributed by atoms with Crippen molar-refractivity contribution in [2.75, 3.05) is 6.54 Å². The Bertz CT molecular complexity index is 1750. The quantitative estimate of drug-likeness (QED) is 0.352. The number of carbonyl (C=O) groups excluding carboxylic acids is 1. The maximum Gasteiger partial charge on any atom is 0.410 e. The lowest BCUT2D eigenvalue weighted by Gasteiger charge is -2.41. The summed E-state index contributed by atoms with van der Waals surface area (Å²) in [6.07, 6.45) is 6.59. The van der Waals surface area contributed by atoms with E-state index in [0.717, 1.165) is 35.3 Å². The van der Waals surface area contributed by atoms with E-state index in [1.54, 1.807) is 15.1 Å². The molecule has 200 valence electrons. The van der Waals surface area contributed by atoms with E-state index < -0.39 is 5.60 Å². The number of likely N-dealkylation sites (tertiary alicyclic amines) is 1. The van der Waals surface area contributed by atoms with E-state index in [1.165, 1.54) is 0 Å². The van der Waals surface area contributed by atoms with Gasteiger partial charge < -0.3 is 14.2 Å². The Labute approximate surface area is 226 Å². The molecule has 1 saturated heterocycles. The van der Waals surface area contributed by atoms with E-state index in [4.69, 9.17) is 9.84 Å². The Balaban J connectivity index is 1.35. The SMILES string of the molecule is Cc1cn2nc(-c3cc(C#N)c4c(=O)n(C5CCN(C(=O)OC(C)(C)C)C6(CC6)C5)ccc4c3)cc(C)c2n1. The minimum Gasteiger partial charge on any atom is -0.444 e. The van der Waals surface area contributed by atoms with Crippen LogP contribution in [0.1, 0.15) is 69.3 Å². The molecule has 1 aliphatic carbocycles. The van der Waals surface area contributed by atoms with Crippen molar-refractivity contribution in [2.45, 2.75) is 77.5 Å². The maximum absolute atomic E-state index is 13.8. The molecule has 1 saturated carbocycles. The van der Waals surface area contributed by atoms with Gasteiger partial charge in [-0.1, -0.05) is 0 Å². The number of hydrogen-bond donors (Lipinski definition) is 0. The van der Waals surface area contributed by atoms with Gasteiger partial charge in [0.2, 0.25) is 0 Å². The fraction of sp³-hybridized carbons (Fsp3) is 0.433. The van der Waals surface area contributed by atoms with Gasteiger partial charge in [0, 0.05) is 29.9 Å². The average molecular weight is 525 g/mol. The second-order valence-corrected chi connectivity index (χ2v) is 12.0. The number of aryl methyl sites for hydroxylation is 2. The van der Waals surface area contributed by atoms with E-state index >= 15 is 0 Å². The average Bonchev–Trinajstić information content (AvgIpc) is 3.51. The summed E-state index contributed by atoms with van der Waals surface area (Å²) < 4.78 is 9.18. The number of amides is 1. The van der Waals surface area contributed by atoms with Gasteiger partial charge in [0.05, 0.1) is 28.5 Å². The summed E-state index contributed by atoms with van der Waals surface area (Å²) in [6, 6.07) is 9.74. The van der Waals surface area contributed by atoms with Crippen LogP contribution in [0.25, 0.3) is 27.7 Å². The topological polar surface area (TPSA) is 106 Å². The summed E-state index contributed by atoms with van der Waals surface area (Å²) >= 11 is 0. The first-order chi connectivity index (χ1) is 18.5. The predicted octanol–water partition coefficient (Wildman–Crippen LogP) is 5.30. The number of pyridine rings is 1. The van der Waals surface area contributed by atoms with E-state index in [1.807, 2.05) is 70.1 Å². The van der Waals surface area contributed by atoms with Crippen LogP contribution in [0.2, 0.25) is 0 Å². The highest BCUT2D eigenvalue weighted by Crippen LogP contribution is 2.51. The molecule has 1 atom stereocenters. The van der Waals surface area contributed by atoms with Gasteiger partial charge in [-0.25, -0.2) is 14.3 Å². The zero-order valence-electron chi connectivity index (χ0n) is 23.0. The number of nitrogens with zero attached hydrogens (tertiary/aromatic N) is 6. The lowest BCUT2D eigenvalue weighted by molar-refractivity contribution is 0.000497. The van der Waals surface area contributed by atoms with Crippen molar-refractivity contribution >= 4 is 22.5 Å². The summed E-state index contributed by atoms with van der Waals surface area (Å²) in [5.41, 5.74) is 3.49. The van der Waals surface area contributed by atoms with E-state index in [-0.39, 0.29) is 23.2 Å². The van der Waals surface area contributed by atoms with Crippen LogP contribution in [0.15, 0.2) is 41.5 Å². The number of nitriles is 1. The molecule has 6 rings (SSSR count). The van der Waals surface area contributed by atoms with Crippen LogP contribution >= 0.6 is 0 Å². The summed E-state index contributed by atoms with van der Waals surface area (Å²) in [6.45, 7) is 10.1. The number of imidazole rings is 1. The molecule has 9 heteroatoms. The third-order valence-corrected chi connectivity index (χ3v) is 7.89. The fourth-order valence-corrected chi connectivity index (χ4v) is 5.93. The van der Waals surface area contributed by atoms with Gasteiger partial charge in [-0.2, -0.15) is 10.4 Å². The van der Waals surface area contributed by atoms with Crippen molar-refractivity contribution in [3.8, 4) is 17.3 Å². The lowest BCUT2D eigenvalue weighted by Crippen LogP contribution is -2.50. The lowest BCUT2D eigenvalue weighted by atomic mass is 9.94. The highest BCUT2D eigenvalue weighted by Gasteiger charge is 2.54. The molecule has 9 nitrogen and oxygen atoms in total. The van der Waals surface area contributed by atoms with Gasteiger partial charge >= 0.3 is 6.09 Å². The molecule has 1 spiro atoms. The second-order valence-electron chi connectivity index (χ2n) is 12.0. The molecule has 2 fully saturated rings. The van der Waals surface area contributed by atoms with Gasteiger partial charge in [-0.05, 0) is 95.5 Å². The Hall–Kier alpha value is -4.19. The van der Waals surface area contributed by atoms with Crippen LogP contribution in [-0.4, -0.2) is 47.8 Å². The first-order valence-electron chi connectivity index (χ1n) is 13.4. The van der Waals surface area contributed by atoms with E-state index in [9.17, 15) is 14.9 Å². The molecule has 1 aromatic carbocycles. The third kappa shape index (κ3) is 4.34. The smallest absolute Gasteiger partial charge is 0.410 e. The molecular formula is C30H32N6O3. The third-order valence-electron chi connectivity index (χ3n) is 7.89. The fourth-order valence-electron chi connectivity index (χ4n) is 5.93. The highest BCUT2D eigenvalue weighted by atomic mass is 16.6. The van der Waals surface area contributed by atoms with Crippen molar-refractivity contribution in [1.82, 2.24) is 24.1 Å². The summed E-state index contributed by atoms with van der Waals surface area (Å²) in [5, 5.41) is 15.9. The van der Waals surface area contributed by atoms with Gasteiger partial charge in [-0.3, -0.25) is 4.79 Å². The highest BCUT2D eigenvalue weighted by molar-refractivity contribution is 5.91. The number of carbonyl (C=O) groups is 1. The Morgan fingerprint density at radius 2 is 1.97 bits per heavy atom. The normalized spacial score (nSPS) is 18.5. The second kappa shape index (κ2) is 8.67. The zero-order chi connectivity index (χ0) is 27.7. The van der Waals surface area contributed by atoms with E-state index in [0.29, 0.717) is 41.4 Å². The molecule has 0 N–H and O–H groups in total. The molecule has 4 heterocycles. The number of aromatic nitrogens is 4. The number of benzene rings is 1. The van der Waals surface area contributed by atoms with Gasteiger partial charge in [-0.15, -0.1) is 0 Å². The van der Waals surface area contributed by atoms with E-state index in [2.05, 4.69) is 11.1 Å². The van der Waals surface area contributed by atoms with Crippen LogP contribution in [0.4, 0.5) is 4.79 Å². The Kier molecular flexibility index (Phi) is 5.58. The summed E-state index contributed by atoms with van der Waals surface area (Å²) in [7, 11) is 0. The molecule has 1 amide bonds. The van der Waals surface area contributed by atoms with Crippen molar-refractivity contribution in [1.29, 1.82) is 5.26 Å². The van der Waals surface area contributed by atoms with Crippen LogP contribution < -0.4 is 5.56 Å². The molecule has 1 aliphatic heterocycles. The minimum absolute atomic E-state index is 0.0505. The van der Waals surface area contributed by atoms with Crippen LogP contribution in [0, 0.1) is 25.2 Å². The van der Waals surface area contributed by atoms with Gasteiger partial charge in [0.1, 0.15) is 11.7 Å². The van der Waals surface area contributed by atoms with Crippen LogP contribution in [0.5, 0.6) is 0 Å². The van der Waals surface area contributed by atoms with Crippen LogP contribution in [0.3, 0.4) is 0 Å². The zero-order valence-corrected chi connectivity index (χ0v) is 23.0. The summed E-state index contributed by atoms with van der Waals surface area (Å²) in [5.74, 6) is 0. The first kappa shape index (κ1) is 25.1. The molecule has 0 radical (unpaired) electrons. The Morgan fingerprint density at radius 3 is 2.67 bits per heavy atom. The standard InChI is InChI=1S/C30H32N6O3/c1-18-12-24(33-36-17-19(2)32-26(18)36)21-13-20-6-10-34(27(37)25(20)22(14-21)16-31)23-7-11-35(30(15-23)8-9-30)28(38)39-29(3,4)5/h6,10,12-14,17,23H,7-9,11,15H2,1-5H3. The molecule has 2 aliphatic rings. The molecular weight excluding hydrogens is 492 g/mol. The first-order valence-corrected chi connectivity index (χ1v) is 13.4. The molecule has 4 aromatic rings. The van der Waals surface area contributed by atoms with Gasteiger partial charge in [0.25, 0.3) is 5.56 Å². The largest absolute Gasteiger partial charge is 0.444 e. The molecule has 1 unspecified atom stereocenters. The van der Waals surface area contributed by atoms with Crippen LogP contribution in [-0.2, 0) is 4.74 Å². The molecule has 0 bridgehead atoms. The van der Waals surface area contributed by atoms with Crippen molar-refractivity contribution in [3.63, 3.8) is 0 Å². The van der Waals surface area contributed by atoms with Crippen molar-refractivity contribution in [3.05, 3.63) is 63.8 Å². The monoisotopic (exact) mass is 524 g/mol. The number of hydrogen-bond acceptors (Lipinski definition) is 6. The molecule has 39 heavy (non-hydrogen) atoms.